The Morgan fingerprint density at radius 3 is 2.22 bits per heavy atom. The standard InChI is InChI=1S/C28H26FN3/c1-2-3-23-18-31-27(32-19-23)15-10-21-9-14-26-25(16-21)13-12-24(28(26)29)11-8-20-4-6-22(17-30)7-5-20/h4-7,9,12-14,16,18-19H,2-3,8,10-11,15H2,1H3. The molecule has 1 aromatic heterocycles. The first-order chi connectivity index (χ1) is 15.7. The summed E-state index contributed by atoms with van der Waals surface area (Å²) in [6, 6.07) is 19.4. The molecule has 0 spiro atoms. The van der Waals surface area contributed by atoms with Crippen LogP contribution in [0.1, 0.15) is 47.0 Å². The molecule has 4 heteroatoms. The molecule has 0 radical (unpaired) electrons. The molecule has 3 aromatic carbocycles. The number of fused-ring (bicyclic) bond motifs is 1. The van der Waals surface area contributed by atoms with Crippen LogP contribution in [0.25, 0.3) is 10.8 Å². The van der Waals surface area contributed by atoms with Gasteiger partial charge >= 0.3 is 0 Å². The summed E-state index contributed by atoms with van der Waals surface area (Å²) in [4.78, 5) is 8.94. The average Bonchev–Trinajstić information content (AvgIpc) is 2.84. The largest absolute Gasteiger partial charge is 0.241 e. The number of rotatable bonds is 8. The molecule has 0 bridgehead atoms. The van der Waals surface area contributed by atoms with Gasteiger partial charge in [-0.2, -0.15) is 5.26 Å². The molecule has 0 fully saturated rings. The molecule has 1 heterocycles. The summed E-state index contributed by atoms with van der Waals surface area (Å²) in [5.74, 6) is 0.701. The molecule has 0 saturated carbocycles. The topological polar surface area (TPSA) is 49.6 Å². The maximum Gasteiger partial charge on any atom is 0.134 e. The fourth-order valence-electron chi connectivity index (χ4n) is 3.94. The first kappa shape index (κ1) is 21.6. The van der Waals surface area contributed by atoms with E-state index >= 15 is 4.39 Å². The van der Waals surface area contributed by atoms with E-state index in [-0.39, 0.29) is 5.82 Å². The lowest BCUT2D eigenvalue weighted by atomic mass is 9.98. The van der Waals surface area contributed by atoms with Crippen molar-refractivity contribution in [1.82, 2.24) is 9.97 Å². The van der Waals surface area contributed by atoms with Crippen molar-refractivity contribution in [2.45, 2.75) is 45.4 Å². The maximum absolute atomic E-state index is 15.1. The van der Waals surface area contributed by atoms with Gasteiger partial charge in [0.15, 0.2) is 0 Å². The van der Waals surface area contributed by atoms with Crippen molar-refractivity contribution in [2.75, 3.05) is 0 Å². The molecule has 0 atom stereocenters. The highest BCUT2D eigenvalue weighted by Crippen LogP contribution is 2.24. The molecular weight excluding hydrogens is 397 g/mol. The number of hydrogen-bond donors (Lipinski definition) is 0. The number of benzene rings is 3. The van der Waals surface area contributed by atoms with Crippen LogP contribution >= 0.6 is 0 Å². The zero-order valence-electron chi connectivity index (χ0n) is 18.3. The minimum absolute atomic E-state index is 0.141. The molecule has 3 nitrogen and oxygen atoms in total. The quantitative estimate of drug-likeness (QED) is 0.341. The van der Waals surface area contributed by atoms with Gasteiger partial charge in [-0.05, 0) is 65.5 Å². The molecule has 0 saturated heterocycles. The predicted molar refractivity (Wildman–Crippen MR) is 126 cm³/mol. The molecule has 0 aliphatic heterocycles. The molecular formula is C28H26FN3. The third-order valence-electron chi connectivity index (χ3n) is 5.80. The lowest BCUT2D eigenvalue weighted by molar-refractivity contribution is 0.620. The van der Waals surface area contributed by atoms with Crippen LogP contribution in [0.5, 0.6) is 0 Å². The third kappa shape index (κ3) is 5.18. The van der Waals surface area contributed by atoms with Crippen molar-refractivity contribution in [3.05, 3.63) is 106 Å². The summed E-state index contributed by atoms with van der Waals surface area (Å²) in [7, 11) is 0. The van der Waals surface area contributed by atoms with Crippen LogP contribution in [-0.4, -0.2) is 9.97 Å². The van der Waals surface area contributed by atoms with Crippen molar-refractivity contribution < 1.29 is 4.39 Å². The molecule has 0 aliphatic rings. The Morgan fingerprint density at radius 1 is 0.781 bits per heavy atom. The summed E-state index contributed by atoms with van der Waals surface area (Å²) in [5.41, 5.74) is 4.79. The Kier molecular flexibility index (Phi) is 6.87. The Labute approximate surface area is 188 Å². The minimum atomic E-state index is -0.141. The maximum atomic E-state index is 15.1. The van der Waals surface area contributed by atoms with Crippen molar-refractivity contribution in [3.63, 3.8) is 0 Å². The number of hydrogen-bond acceptors (Lipinski definition) is 3. The van der Waals surface area contributed by atoms with E-state index in [1.807, 2.05) is 48.8 Å². The predicted octanol–water partition coefficient (Wildman–Crippen LogP) is 6.16. The Morgan fingerprint density at radius 2 is 1.50 bits per heavy atom. The van der Waals surface area contributed by atoms with Crippen LogP contribution in [0, 0.1) is 17.1 Å². The van der Waals surface area contributed by atoms with E-state index in [4.69, 9.17) is 5.26 Å². The van der Waals surface area contributed by atoms with Gasteiger partial charge in [-0.25, -0.2) is 14.4 Å². The van der Waals surface area contributed by atoms with Gasteiger partial charge in [0, 0.05) is 24.2 Å². The van der Waals surface area contributed by atoms with Gasteiger partial charge in [0.1, 0.15) is 11.6 Å². The first-order valence-electron chi connectivity index (χ1n) is 11.1. The van der Waals surface area contributed by atoms with E-state index in [2.05, 4.69) is 29.0 Å². The Bertz CT molecular complexity index is 1240. The second kappa shape index (κ2) is 10.2. The van der Waals surface area contributed by atoms with Crippen LogP contribution < -0.4 is 0 Å². The fourth-order valence-corrected chi connectivity index (χ4v) is 3.94. The smallest absolute Gasteiger partial charge is 0.134 e. The molecule has 0 amide bonds. The second-order valence-electron chi connectivity index (χ2n) is 8.16. The van der Waals surface area contributed by atoms with Crippen molar-refractivity contribution in [3.8, 4) is 6.07 Å². The lowest BCUT2D eigenvalue weighted by Gasteiger charge is -2.09. The molecule has 0 unspecified atom stereocenters. The van der Waals surface area contributed by atoms with E-state index in [0.717, 1.165) is 60.0 Å². The SMILES string of the molecule is CCCc1cnc(CCc2ccc3c(F)c(CCc4ccc(C#N)cc4)ccc3c2)nc1. The third-order valence-corrected chi connectivity index (χ3v) is 5.80. The molecule has 4 aromatic rings. The van der Waals surface area contributed by atoms with Gasteiger partial charge in [0.25, 0.3) is 0 Å². The van der Waals surface area contributed by atoms with Crippen LogP contribution in [-0.2, 0) is 32.1 Å². The Hall–Kier alpha value is -3.58. The van der Waals surface area contributed by atoms with Gasteiger partial charge in [-0.1, -0.05) is 55.8 Å². The summed E-state index contributed by atoms with van der Waals surface area (Å²) >= 11 is 0. The molecule has 160 valence electrons. The van der Waals surface area contributed by atoms with Crippen molar-refractivity contribution in [2.24, 2.45) is 0 Å². The number of nitriles is 1. The summed E-state index contributed by atoms with van der Waals surface area (Å²) < 4.78 is 15.1. The highest BCUT2D eigenvalue weighted by atomic mass is 19.1. The lowest BCUT2D eigenvalue weighted by Crippen LogP contribution is -2.00. The van der Waals surface area contributed by atoms with Crippen LogP contribution in [0.15, 0.2) is 67.0 Å². The van der Waals surface area contributed by atoms with Gasteiger partial charge in [-0.15, -0.1) is 0 Å². The van der Waals surface area contributed by atoms with Crippen LogP contribution in [0.2, 0.25) is 0 Å². The number of aromatic nitrogens is 2. The highest BCUT2D eigenvalue weighted by molar-refractivity contribution is 5.84. The summed E-state index contributed by atoms with van der Waals surface area (Å²) in [5, 5.41) is 10.5. The van der Waals surface area contributed by atoms with Gasteiger partial charge < -0.3 is 0 Å². The number of aryl methyl sites for hydroxylation is 5. The van der Waals surface area contributed by atoms with Crippen LogP contribution in [0.3, 0.4) is 0 Å². The minimum Gasteiger partial charge on any atom is -0.241 e. The molecule has 0 N–H and O–H groups in total. The van der Waals surface area contributed by atoms with Gasteiger partial charge in [-0.3, -0.25) is 0 Å². The summed E-state index contributed by atoms with van der Waals surface area (Å²) in [6.45, 7) is 2.15. The second-order valence-corrected chi connectivity index (χ2v) is 8.16. The molecule has 4 rings (SSSR count). The van der Waals surface area contributed by atoms with E-state index < -0.39 is 0 Å². The van der Waals surface area contributed by atoms with Gasteiger partial charge in [0.2, 0.25) is 0 Å². The highest BCUT2D eigenvalue weighted by Gasteiger charge is 2.09. The Balaban J connectivity index is 1.42. The normalized spacial score (nSPS) is 10.9. The molecule has 32 heavy (non-hydrogen) atoms. The number of halogens is 1. The van der Waals surface area contributed by atoms with Crippen molar-refractivity contribution >= 4 is 10.8 Å². The zero-order valence-corrected chi connectivity index (χ0v) is 18.3. The first-order valence-corrected chi connectivity index (χ1v) is 11.1. The molecule has 0 aliphatic carbocycles. The van der Waals surface area contributed by atoms with E-state index in [0.29, 0.717) is 17.4 Å². The fraction of sp³-hybridized carbons (Fsp3) is 0.250. The van der Waals surface area contributed by atoms with Gasteiger partial charge in [0.05, 0.1) is 11.6 Å². The van der Waals surface area contributed by atoms with E-state index in [1.165, 1.54) is 5.56 Å². The van der Waals surface area contributed by atoms with E-state index in [1.54, 1.807) is 12.1 Å². The van der Waals surface area contributed by atoms with E-state index in [9.17, 15) is 0 Å². The van der Waals surface area contributed by atoms with Crippen LogP contribution in [0.4, 0.5) is 4.39 Å². The summed E-state index contributed by atoms with van der Waals surface area (Å²) in [6.07, 6.45) is 8.89. The van der Waals surface area contributed by atoms with Crippen molar-refractivity contribution in [1.29, 1.82) is 5.26 Å². The number of nitrogens with zero attached hydrogens (tertiary/aromatic N) is 3. The monoisotopic (exact) mass is 423 g/mol. The zero-order chi connectivity index (χ0) is 22.3. The average molecular weight is 424 g/mol.